The highest BCUT2D eigenvalue weighted by Crippen LogP contribution is 2.11. The number of hydrogen-bond acceptors (Lipinski definition) is 3. The van der Waals surface area contributed by atoms with Gasteiger partial charge in [-0.05, 0) is 30.7 Å². The lowest BCUT2D eigenvalue weighted by atomic mass is 10.3. The fraction of sp³-hybridized carbons (Fsp3) is 0.333. The van der Waals surface area contributed by atoms with Crippen LogP contribution in [0.3, 0.4) is 0 Å². The lowest BCUT2D eigenvalue weighted by Crippen LogP contribution is -2.26. The third-order valence-corrected chi connectivity index (χ3v) is 2.98. The molecule has 0 fully saturated rings. The molecule has 0 atom stereocenters. The highest BCUT2D eigenvalue weighted by molar-refractivity contribution is 5.75. The zero-order chi connectivity index (χ0) is 15.1. The van der Waals surface area contributed by atoms with Crippen LogP contribution in [0.1, 0.15) is 18.7 Å². The van der Waals surface area contributed by atoms with Crippen LogP contribution in [0.4, 0.5) is 4.39 Å². The number of ether oxygens (including phenoxy) is 1. The van der Waals surface area contributed by atoms with Crippen LogP contribution in [0.15, 0.2) is 36.7 Å². The minimum Gasteiger partial charge on any atom is -0.494 e. The van der Waals surface area contributed by atoms with Crippen molar-refractivity contribution in [3.8, 4) is 5.75 Å². The summed E-state index contributed by atoms with van der Waals surface area (Å²) in [6.45, 7) is 0.886. The van der Waals surface area contributed by atoms with Gasteiger partial charge in [-0.15, -0.1) is 0 Å². The van der Waals surface area contributed by atoms with Gasteiger partial charge < -0.3 is 14.6 Å². The number of imidazole rings is 1. The quantitative estimate of drug-likeness (QED) is 0.797. The average Bonchev–Trinajstić information content (AvgIpc) is 2.98. The van der Waals surface area contributed by atoms with Gasteiger partial charge in [0.05, 0.1) is 13.2 Å². The molecule has 0 spiro atoms. The maximum Gasteiger partial charge on any atom is 0.222 e. The monoisotopic (exact) mass is 291 g/mol. The molecule has 1 aromatic carbocycles. The summed E-state index contributed by atoms with van der Waals surface area (Å²) in [4.78, 5) is 20.6. The second-order valence-electron chi connectivity index (χ2n) is 4.69. The van der Waals surface area contributed by atoms with Crippen molar-refractivity contribution in [3.05, 3.63) is 48.3 Å². The number of aromatic nitrogens is 2. The van der Waals surface area contributed by atoms with Crippen molar-refractivity contribution in [3.63, 3.8) is 0 Å². The molecule has 0 aliphatic rings. The standard InChI is InChI=1S/C15H18FN3O2/c1-19(11-14-17-8-9-18-14)15(20)3-2-10-21-13-6-4-12(16)5-7-13/h4-9H,2-3,10-11H2,1H3,(H,17,18). The number of aromatic amines is 1. The molecular formula is C15H18FN3O2. The van der Waals surface area contributed by atoms with Crippen molar-refractivity contribution >= 4 is 5.91 Å². The molecule has 0 saturated heterocycles. The predicted molar refractivity (Wildman–Crippen MR) is 76.2 cm³/mol. The number of hydrogen-bond donors (Lipinski definition) is 1. The highest BCUT2D eigenvalue weighted by atomic mass is 19.1. The number of carbonyl (C=O) groups excluding carboxylic acids is 1. The number of benzene rings is 1. The molecule has 21 heavy (non-hydrogen) atoms. The molecule has 0 unspecified atom stereocenters. The Balaban J connectivity index is 1.65. The summed E-state index contributed by atoms with van der Waals surface area (Å²) < 4.78 is 18.2. The average molecular weight is 291 g/mol. The molecule has 0 aliphatic carbocycles. The topological polar surface area (TPSA) is 58.2 Å². The summed E-state index contributed by atoms with van der Waals surface area (Å²) in [6, 6.07) is 5.83. The molecule has 1 N–H and O–H groups in total. The Kier molecular flexibility index (Phi) is 5.31. The Morgan fingerprint density at radius 1 is 1.38 bits per heavy atom. The van der Waals surface area contributed by atoms with E-state index in [1.54, 1.807) is 36.5 Å². The summed E-state index contributed by atoms with van der Waals surface area (Å²) in [7, 11) is 1.74. The summed E-state index contributed by atoms with van der Waals surface area (Å²) in [5.41, 5.74) is 0. The van der Waals surface area contributed by atoms with Gasteiger partial charge in [-0.2, -0.15) is 0 Å². The number of amides is 1. The van der Waals surface area contributed by atoms with Crippen LogP contribution in [0.5, 0.6) is 5.75 Å². The van der Waals surface area contributed by atoms with Crippen LogP contribution < -0.4 is 4.74 Å². The Hall–Kier alpha value is -2.37. The van der Waals surface area contributed by atoms with Crippen LogP contribution in [-0.4, -0.2) is 34.4 Å². The van der Waals surface area contributed by atoms with Crippen LogP contribution in [-0.2, 0) is 11.3 Å². The molecule has 112 valence electrons. The molecule has 2 rings (SSSR count). The van der Waals surface area contributed by atoms with E-state index in [-0.39, 0.29) is 11.7 Å². The largest absolute Gasteiger partial charge is 0.494 e. The fourth-order valence-corrected chi connectivity index (χ4v) is 1.83. The first kappa shape index (κ1) is 15.0. The first-order chi connectivity index (χ1) is 10.1. The van der Waals surface area contributed by atoms with Crippen molar-refractivity contribution in [2.45, 2.75) is 19.4 Å². The number of H-pyrrole nitrogens is 1. The van der Waals surface area contributed by atoms with Gasteiger partial charge in [-0.25, -0.2) is 9.37 Å². The van der Waals surface area contributed by atoms with E-state index >= 15 is 0 Å². The van der Waals surface area contributed by atoms with Gasteiger partial charge in [0, 0.05) is 25.9 Å². The molecule has 0 radical (unpaired) electrons. The van der Waals surface area contributed by atoms with E-state index in [1.807, 2.05) is 0 Å². The van der Waals surface area contributed by atoms with Crippen molar-refractivity contribution in [1.29, 1.82) is 0 Å². The number of rotatable bonds is 7. The summed E-state index contributed by atoms with van der Waals surface area (Å²) >= 11 is 0. The molecule has 1 amide bonds. The van der Waals surface area contributed by atoms with Gasteiger partial charge in [-0.3, -0.25) is 4.79 Å². The van der Waals surface area contributed by atoms with Gasteiger partial charge in [0.2, 0.25) is 5.91 Å². The van der Waals surface area contributed by atoms with Gasteiger partial charge in [0.15, 0.2) is 0 Å². The summed E-state index contributed by atoms with van der Waals surface area (Å²) in [5, 5.41) is 0. The minimum absolute atomic E-state index is 0.0362. The summed E-state index contributed by atoms with van der Waals surface area (Å²) in [6.07, 6.45) is 4.39. The Labute approximate surface area is 122 Å². The van der Waals surface area contributed by atoms with Crippen molar-refractivity contribution < 1.29 is 13.9 Å². The van der Waals surface area contributed by atoms with E-state index in [4.69, 9.17) is 4.74 Å². The first-order valence-electron chi connectivity index (χ1n) is 6.76. The second kappa shape index (κ2) is 7.42. The van der Waals surface area contributed by atoms with E-state index in [0.29, 0.717) is 31.7 Å². The van der Waals surface area contributed by atoms with E-state index in [9.17, 15) is 9.18 Å². The second-order valence-corrected chi connectivity index (χ2v) is 4.69. The summed E-state index contributed by atoms with van der Waals surface area (Å²) in [5.74, 6) is 1.10. The van der Waals surface area contributed by atoms with E-state index in [2.05, 4.69) is 9.97 Å². The van der Waals surface area contributed by atoms with Crippen molar-refractivity contribution in [2.75, 3.05) is 13.7 Å². The fourth-order valence-electron chi connectivity index (χ4n) is 1.83. The maximum atomic E-state index is 12.7. The van der Waals surface area contributed by atoms with Crippen LogP contribution in [0.2, 0.25) is 0 Å². The van der Waals surface area contributed by atoms with Crippen LogP contribution in [0.25, 0.3) is 0 Å². The van der Waals surface area contributed by atoms with Crippen LogP contribution >= 0.6 is 0 Å². The highest BCUT2D eigenvalue weighted by Gasteiger charge is 2.10. The molecule has 0 aliphatic heterocycles. The van der Waals surface area contributed by atoms with Crippen molar-refractivity contribution in [1.82, 2.24) is 14.9 Å². The molecular weight excluding hydrogens is 273 g/mol. The lowest BCUT2D eigenvalue weighted by molar-refractivity contribution is -0.130. The molecule has 6 heteroatoms. The maximum absolute atomic E-state index is 12.7. The first-order valence-corrected chi connectivity index (χ1v) is 6.76. The number of halogens is 1. The Morgan fingerprint density at radius 3 is 2.81 bits per heavy atom. The molecule has 1 heterocycles. The Morgan fingerprint density at radius 2 is 2.14 bits per heavy atom. The molecule has 2 aromatic rings. The molecule has 1 aromatic heterocycles. The third-order valence-electron chi connectivity index (χ3n) is 2.98. The minimum atomic E-state index is -0.294. The van der Waals surface area contributed by atoms with Gasteiger partial charge in [-0.1, -0.05) is 0 Å². The number of nitrogens with zero attached hydrogens (tertiary/aromatic N) is 2. The number of carbonyl (C=O) groups is 1. The molecule has 0 saturated carbocycles. The van der Waals surface area contributed by atoms with E-state index < -0.39 is 0 Å². The van der Waals surface area contributed by atoms with Crippen LogP contribution in [0, 0.1) is 5.82 Å². The lowest BCUT2D eigenvalue weighted by Gasteiger charge is -2.15. The van der Waals surface area contributed by atoms with Gasteiger partial charge in [0.25, 0.3) is 0 Å². The zero-order valence-electron chi connectivity index (χ0n) is 11.9. The molecule has 0 bridgehead atoms. The van der Waals surface area contributed by atoms with E-state index in [1.165, 1.54) is 12.1 Å². The third kappa shape index (κ3) is 4.91. The zero-order valence-corrected chi connectivity index (χ0v) is 11.9. The normalized spacial score (nSPS) is 10.4. The Bertz CT molecular complexity index is 555. The van der Waals surface area contributed by atoms with E-state index in [0.717, 1.165) is 5.82 Å². The van der Waals surface area contributed by atoms with Gasteiger partial charge >= 0.3 is 0 Å². The smallest absolute Gasteiger partial charge is 0.222 e. The molecule has 5 nitrogen and oxygen atoms in total. The predicted octanol–water partition coefficient (Wildman–Crippen LogP) is 2.37. The number of nitrogens with one attached hydrogen (secondary N) is 1. The SMILES string of the molecule is CN(Cc1ncc[nH]1)C(=O)CCCOc1ccc(F)cc1. The van der Waals surface area contributed by atoms with Crippen molar-refractivity contribution in [2.24, 2.45) is 0 Å². The van der Waals surface area contributed by atoms with Gasteiger partial charge in [0.1, 0.15) is 17.4 Å².